The van der Waals surface area contributed by atoms with Crippen molar-refractivity contribution in [2.45, 2.75) is 18.2 Å². The zero-order valence-corrected chi connectivity index (χ0v) is 16.6. The molecule has 1 amide bonds. The van der Waals surface area contributed by atoms with Crippen molar-refractivity contribution >= 4 is 27.5 Å². The summed E-state index contributed by atoms with van der Waals surface area (Å²) >= 11 is 0.683. The molecule has 1 atom stereocenters. The third-order valence-corrected chi connectivity index (χ3v) is 5.66. The highest BCUT2D eigenvalue weighted by Crippen LogP contribution is 2.44. The van der Waals surface area contributed by atoms with E-state index in [0.29, 0.717) is 21.6 Å². The largest absolute Gasteiger partial charge is 0.489 e. The normalized spacial score (nSPS) is 13.8. The van der Waals surface area contributed by atoms with Gasteiger partial charge in [0.1, 0.15) is 11.6 Å². The van der Waals surface area contributed by atoms with Gasteiger partial charge < -0.3 is 14.7 Å². The van der Waals surface area contributed by atoms with Crippen molar-refractivity contribution in [1.29, 1.82) is 0 Å². The highest BCUT2D eigenvalue weighted by atomic mass is 32.1. The van der Waals surface area contributed by atoms with Gasteiger partial charge in [-0.25, -0.2) is 9.37 Å². The average Bonchev–Trinajstić information content (AvgIpc) is 3.13. The molecule has 0 aliphatic carbocycles. The molecule has 30 heavy (non-hydrogen) atoms. The number of amides is 1. The molecular formula is C20H18F4N2O3S. The van der Waals surface area contributed by atoms with Crippen LogP contribution in [0.4, 0.5) is 17.6 Å². The molecule has 0 radical (unpaired) electrons. The Labute approximate surface area is 173 Å². The summed E-state index contributed by atoms with van der Waals surface area (Å²) in [5.74, 6) is -1.57. The van der Waals surface area contributed by atoms with Crippen molar-refractivity contribution in [1.82, 2.24) is 9.88 Å². The van der Waals surface area contributed by atoms with Crippen LogP contribution in [-0.2, 0) is 10.4 Å². The summed E-state index contributed by atoms with van der Waals surface area (Å²) in [5, 5.41) is 9.88. The van der Waals surface area contributed by atoms with E-state index in [1.54, 1.807) is 24.3 Å². The zero-order chi connectivity index (χ0) is 21.9. The van der Waals surface area contributed by atoms with E-state index in [1.165, 1.54) is 31.3 Å². The lowest BCUT2D eigenvalue weighted by Gasteiger charge is -2.29. The van der Waals surface area contributed by atoms with Crippen molar-refractivity contribution in [3.05, 3.63) is 59.4 Å². The molecule has 0 spiro atoms. The van der Waals surface area contributed by atoms with Gasteiger partial charge in [0, 0.05) is 7.05 Å². The molecular weight excluding hydrogens is 424 g/mol. The minimum absolute atomic E-state index is 0.0281. The van der Waals surface area contributed by atoms with Gasteiger partial charge in [-0.1, -0.05) is 24.3 Å². The highest BCUT2D eigenvalue weighted by molar-refractivity contribution is 7.18. The monoisotopic (exact) mass is 442 g/mol. The molecule has 0 aliphatic heterocycles. The van der Waals surface area contributed by atoms with E-state index in [4.69, 9.17) is 4.74 Å². The third kappa shape index (κ3) is 4.54. The van der Waals surface area contributed by atoms with Gasteiger partial charge in [-0.15, -0.1) is 11.3 Å². The second-order valence-electron chi connectivity index (χ2n) is 6.62. The Morgan fingerprint density at radius 2 is 1.83 bits per heavy atom. The molecule has 0 saturated heterocycles. The number of para-hydroxylation sites is 2. The topological polar surface area (TPSA) is 62.7 Å². The Hall–Kier alpha value is -2.72. The predicted octanol–water partition coefficient (Wildman–Crippen LogP) is 4.11. The maximum Gasteiger partial charge on any atom is 0.424 e. The smallest absolute Gasteiger partial charge is 0.424 e. The molecule has 3 rings (SSSR count). The lowest BCUT2D eigenvalue weighted by atomic mass is 9.99. The number of alkyl halides is 3. The van der Waals surface area contributed by atoms with Crippen LogP contribution < -0.4 is 4.74 Å². The fourth-order valence-corrected chi connectivity index (χ4v) is 3.75. The molecule has 1 heterocycles. The van der Waals surface area contributed by atoms with Crippen molar-refractivity contribution in [2.75, 3.05) is 20.2 Å². The number of aliphatic hydroxyl groups is 1. The number of aromatic nitrogens is 1. The quantitative estimate of drug-likeness (QED) is 0.560. The summed E-state index contributed by atoms with van der Waals surface area (Å²) in [5.41, 5.74) is -3.12. The number of ether oxygens (including phenoxy) is 1. The van der Waals surface area contributed by atoms with E-state index < -0.39 is 34.9 Å². The lowest BCUT2D eigenvalue weighted by Crippen LogP contribution is -2.46. The van der Waals surface area contributed by atoms with E-state index in [-0.39, 0.29) is 18.9 Å². The van der Waals surface area contributed by atoms with Crippen LogP contribution in [0.3, 0.4) is 0 Å². The van der Waals surface area contributed by atoms with Gasteiger partial charge >= 0.3 is 6.18 Å². The summed E-state index contributed by atoms with van der Waals surface area (Å²) in [4.78, 5) is 17.3. The molecule has 5 nitrogen and oxygen atoms in total. The minimum atomic E-state index is -5.11. The fraction of sp³-hybridized carbons (Fsp3) is 0.300. The number of benzene rings is 2. The number of likely N-dealkylation sites (N-methyl/N-ethyl adjacent to an activating group) is 1. The fourth-order valence-electron chi connectivity index (χ4n) is 2.68. The number of fused-ring (bicyclic) bond motifs is 1. The number of hydrogen-bond donors (Lipinski definition) is 1. The predicted molar refractivity (Wildman–Crippen MR) is 104 cm³/mol. The molecule has 0 fully saturated rings. The Kier molecular flexibility index (Phi) is 6.27. The Morgan fingerprint density at radius 3 is 2.50 bits per heavy atom. The first-order chi connectivity index (χ1) is 14.1. The first kappa shape index (κ1) is 22.0. The number of nitrogens with zero attached hydrogens (tertiary/aromatic N) is 2. The summed E-state index contributed by atoms with van der Waals surface area (Å²) in [7, 11) is 1.28. The van der Waals surface area contributed by atoms with Crippen LogP contribution in [0.5, 0.6) is 5.75 Å². The molecule has 1 N–H and O–H groups in total. The van der Waals surface area contributed by atoms with Gasteiger partial charge in [0.2, 0.25) is 11.5 Å². The maximum atomic E-state index is 13.7. The van der Waals surface area contributed by atoms with E-state index in [1.807, 2.05) is 0 Å². The molecule has 3 aromatic rings. The average molecular weight is 442 g/mol. The Morgan fingerprint density at radius 1 is 1.17 bits per heavy atom. The van der Waals surface area contributed by atoms with Crippen LogP contribution in [0.2, 0.25) is 0 Å². The van der Waals surface area contributed by atoms with Crippen LogP contribution in [0, 0.1) is 5.82 Å². The van der Waals surface area contributed by atoms with Gasteiger partial charge in [0.05, 0.1) is 23.2 Å². The first-order valence-corrected chi connectivity index (χ1v) is 9.70. The number of rotatable bonds is 7. The van der Waals surface area contributed by atoms with Crippen molar-refractivity contribution in [2.24, 2.45) is 0 Å². The molecule has 0 bridgehead atoms. The lowest BCUT2D eigenvalue weighted by molar-refractivity contribution is -0.268. The number of carbonyl (C=O) groups excluding carboxylic acids is 1. The van der Waals surface area contributed by atoms with Gasteiger partial charge in [0.25, 0.3) is 0 Å². The molecule has 0 aliphatic rings. The standard InChI is InChI=1S/C20H18F4N2O3S/c1-26(10-11-29-15-8-4-2-6-13(15)21)17(27)12-19(28,20(22,23)24)18-25-14-7-3-5-9-16(14)30-18/h2-9,28H,10-12H2,1H3. The molecule has 2 aromatic carbocycles. The third-order valence-electron chi connectivity index (χ3n) is 4.47. The van der Waals surface area contributed by atoms with Crippen molar-refractivity contribution < 1.29 is 32.2 Å². The van der Waals surface area contributed by atoms with Gasteiger partial charge in [-0.2, -0.15) is 13.2 Å². The zero-order valence-electron chi connectivity index (χ0n) is 15.8. The molecule has 10 heteroatoms. The Bertz CT molecular complexity index is 1010. The van der Waals surface area contributed by atoms with Crippen LogP contribution in [0.25, 0.3) is 10.2 Å². The summed E-state index contributed by atoms with van der Waals surface area (Å²) in [6, 6.07) is 12.0. The maximum absolute atomic E-state index is 13.7. The number of hydrogen-bond acceptors (Lipinski definition) is 5. The van der Waals surface area contributed by atoms with Crippen molar-refractivity contribution in [3.63, 3.8) is 0 Å². The van der Waals surface area contributed by atoms with Crippen molar-refractivity contribution in [3.8, 4) is 5.75 Å². The van der Waals surface area contributed by atoms with Gasteiger partial charge in [-0.3, -0.25) is 4.79 Å². The molecule has 1 unspecified atom stereocenters. The van der Waals surface area contributed by atoms with E-state index in [2.05, 4.69) is 4.98 Å². The van der Waals surface area contributed by atoms with E-state index >= 15 is 0 Å². The molecule has 1 aromatic heterocycles. The minimum Gasteiger partial charge on any atom is -0.489 e. The second-order valence-corrected chi connectivity index (χ2v) is 7.65. The summed E-state index contributed by atoms with van der Waals surface area (Å²) in [6.07, 6.45) is -6.34. The van der Waals surface area contributed by atoms with Crippen LogP contribution in [-0.4, -0.2) is 47.3 Å². The van der Waals surface area contributed by atoms with Gasteiger partial charge in [-0.05, 0) is 24.3 Å². The Balaban J connectivity index is 1.71. The summed E-state index contributed by atoms with van der Waals surface area (Å²) in [6.45, 7) is -0.226. The highest BCUT2D eigenvalue weighted by Gasteiger charge is 2.58. The van der Waals surface area contributed by atoms with E-state index in [0.717, 1.165) is 4.90 Å². The number of thiazole rings is 1. The van der Waals surface area contributed by atoms with Crippen LogP contribution in [0.15, 0.2) is 48.5 Å². The summed E-state index contributed by atoms with van der Waals surface area (Å²) < 4.78 is 60.4. The first-order valence-electron chi connectivity index (χ1n) is 8.88. The molecule has 0 saturated carbocycles. The number of carbonyl (C=O) groups is 1. The van der Waals surface area contributed by atoms with Crippen LogP contribution in [0.1, 0.15) is 11.4 Å². The van der Waals surface area contributed by atoms with Gasteiger partial charge in [0.15, 0.2) is 11.6 Å². The SMILES string of the molecule is CN(CCOc1ccccc1F)C(=O)CC(O)(c1nc2ccccc2s1)C(F)(F)F. The second kappa shape index (κ2) is 8.57. The van der Waals surface area contributed by atoms with E-state index in [9.17, 15) is 27.5 Å². The van der Waals surface area contributed by atoms with Crippen LogP contribution >= 0.6 is 11.3 Å². The number of halogens is 4. The molecule has 160 valence electrons.